The summed E-state index contributed by atoms with van der Waals surface area (Å²) in [4.78, 5) is 11.8. The van der Waals surface area contributed by atoms with E-state index in [1.807, 2.05) is 20.8 Å². The number of carbonyl (C=O) groups is 1. The van der Waals surface area contributed by atoms with Gasteiger partial charge in [0.05, 0.1) is 11.6 Å². The van der Waals surface area contributed by atoms with E-state index in [2.05, 4.69) is 10.6 Å². The van der Waals surface area contributed by atoms with Gasteiger partial charge in [0.15, 0.2) is 0 Å². The highest BCUT2D eigenvalue weighted by molar-refractivity contribution is 5.81. The summed E-state index contributed by atoms with van der Waals surface area (Å²) in [5.74, 6) is 0.104. The molecule has 0 saturated carbocycles. The Bertz CT molecular complexity index is 223. The van der Waals surface area contributed by atoms with Gasteiger partial charge in [0.1, 0.15) is 0 Å². The monoisotopic (exact) mass is 228 g/mol. The van der Waals surface area contributed by atoms with Crippen LogP contribution in [0, 0.1) is 0 Å². The lowest BCUT2D eigenvalue weighted by Crippen LogP contribution is -2.50. The van der Waals surface area contributed by atoms with Crippen LogP contribution in [0.5, 0.6) is 0 Å². The van der Waals surface area contributed by atoms with Crippen LogP contribution in [0.1, 0.15) is 40.0 Å². The Morgan fingerprint density at radius 1 is 1.50 bits per heavy atom. The van der Waals surface area contributed by atoms with E-state index in [9.17, 15) is 4.79 Å². The van der Waals surface area contributed by atoms with Crippen molar-refractivity contribution in [1.29, 1.82) is 0 Å². The second-order valence-corrected chi connectivity index (χ2v) is 4.91. The zero-order chi connectivity index (χ0) is 12.0. The van der Waals surface area contributed by atoms with Gasteiger partial charge in [-0.3, -0.25) is 4.79 Å². The molecule has 1 amide bonds. The van der Waals surface area contributed by atoms with Gasteiger partial charge >= 0.3 is 0 Å². The SMILES string of the molecule is CCOC(C)(C)CNC(=O)[C@H]1CCCCN1. The van der Waals surface area contributed by atoms with Crippen molar-refractivity contribution >= 4 is 5.91 Å². The van der Waals surface area contributed by atoms with Crippen molar-refractivity contribution in [2.45, 2.75) is 51.7 Å². The molecule has 1 heterocycles. The minimum atomic E-state index is -0.279. The van der Waals surface area contributed by atoms with Gasteiger partial charge in [0, 0.05) is 13.2 Å². The van der Waals surface area contributed by atoms with Gasteiger partial charge in [-0.2, -0.15) is 0 Å². The van der Waals surface area contributed by atoms with Crippen LogP contribution in [0.15, 0.2) is 0 Å². The molecule has 0 aromatic carbocycles. The van der Waals surface area contributed by atoms with Crippen molar-refractivity contribution in [1.82, 2.24) is 10.6 Å². The van der Waals surface area contributed by atoms with E-state index >= 15 is 0 Å². The summed E-state index contributed by atoms with van der Waals surface area (Å²) in [5, 5.41) is 6.19. The molecule has 0 aromatic heterocycles. The lowest BCUT2D eigenvalue weighted by Gasteiger charge is -2.27. The van der Waals surface area contributed by atoms with Crippen LogP contribution in [0.2, 0.25) is 0 Å². The fourth-order valence-electron chi connectivity index (χ4n) is 1.94. The number of rotatable bonds is 5. The molecular weight excluding hydrogens is 204 g/mol. The molecule has 0 radical (unpaired) electrons. The predicted octanol–water partition coefficient (Wildman–Crippen LogP) is 1.06. The molecule has 0 unspecified atom stereocenters. The molecular formula is C12H24N2O2. The van der Waals surface area contributed by atoms with Gasteiger partial charge in [0.2, 0.25) is 5.91 Å². The summed E-state index contributed by atoms with van der Waals surface area (Å²) in [6, 6.07) is -0.00817. The quantitative estimate of drug-likeness (QED) is 0.740. The number of carbonyl (C=O) groups excluding carboxylic acids is 1. The molecule has 0 spiro atoms. The summed E-state index contributed by atoms with van der Waals surface area (Å²) in [6.45, 7) is 8.14. The topological polar surface area (TPSA) is 50.4 Å². The largest absolute Gasteiger partial charge is 0.374 e. The van der Waals surface area contributed by atoms with Crippen molar-refractivity contribution in [3.8, 4) is 0 Å². The minimum absolute atomic E-state index is 0.00817. The first-order chi connectivity index (χ1) is 7.55. The molecule has 1 fully saturated rings. The highest BCUT2D eigenvalue weighted by Crippen LogP contribution is 2.09. The first kappa shape index (κ1) is 13.5. The lowest BCUT2D eigenvalue weighted by molar-refractivity contribution is -0.125. The molecule has 2 N–H and O–H groups in total. The van der Waals surface area contributed by atoms with E-state index in [0.29, 0.717) is 13.2 Å². The summed E-state index contributed by atoms with van der Waals surface area (Å²) in [5.41, 5.74) is -0.279. The molecule has 4 nitrogen and oxygen atoms in total. The zero-order valence-corrected chi connectivity index (χ0v) is 10.6. The fourth-order valence-corrected chi connectivity index (χ4v) is 1.94. The van der Waals surface area contributed by atoms with E-state index in [-0.39, 0.29) is 17.6 Å². The highest BCUT2D eigenvalue weighted by atomic mass is 16.5. The lowest BCUT2D eigenvalue weighted by atomic mass is 10.0. The number of hydrogen-bond donors (Lipinski definition) is 2. The Balaban J connectivity index is 2.28. The first-order valence-corrected chi connectivity index (χ1v) is 6.20. The zero-order valence-electron chi connectivity index (χ0n) is 10.6. The molecule has 16 heavy (non-hydrogen) atoms. The molecule has 0 bridgehead atoms. The molecule has 0 aliphatic carbocycles. The third-order valence-electron chi connectivity index (χ3n) is 2.85. The Morgan fingerprint density at radius 2 is 2.25 bits per heavy atom. The maximum absolute atomic E-state index is 11.8. The molecule has 0 aromatic rings. The van der Waals surface area contributed by atoms with E-state index in [4.69, 9.17) is 4.74 Å². The van der Waals surface area contributed by atoms with Gasteiger partial charge in [-0.1, -0.05) is 6.42 Å². The number of ether oxygens (including phenoxy) is 1. The van der Waals surface area contributed by atoms with Gasteiger partial charge in [-0.25, -0.2) is 0 Å². The second-order valence-electron chi connectivity index (χ2n) is 4.91. The Morgan fingerprint density at radius 3 is 2.81 bits per heavy atom. The Kier molecular flexibility index (Phi) is 5.22. The Hall–Kier alpha value is -0.610. The van der Waals surface area contributed by atoms with Crippen LogP contribution < -0.4 is 10.6 Å². The van der Waals surface area contributed by atoms with Crippen LogP contribution in [-0.2, 0) is 9.53 Å². The van der Waals surface area contributed by atoms with E-state index in [1.54, 1.807) is 0 Å². The van der Waals surface area contributed by atoms with Gasteiger partial charge in [-0.05, 0) is 40.2 Å². The average molecular weight is 228 g/mol. The number of nitrogens with one attached hydrogen (secondary N) is 2. The van der Waals surface area contributed by atoms with Crippen LogP contribution in [-0.4, -0.2) is 37.2 Å². The van der Waals surface area contributed by atoms with Crippen molar-refractivity contribution in [3.63, 3.8) is 0 Å². The standard InChI is InChI=1S/C12H24N2O2/c1-4-16-12(2,3)9-14-11(15)10-7-5-6-8-13-10/h10,13H,4-9H2,1-3H3,(H,14,15)/t10-/m1/s1. The maximum Gasteiger partial charge on any atom is 0.237 e. The summed E-state index contributed by atoms with van der Waals surface area (Å²) < 4.78 is 5.53. The number of hydrogen-bond acceptors (Lipinski definition) is 3. The normalized spacial score (nSPS) is 21.8. The van der Waals surface area contributed by atoms with Gasteiger partial charge < -0.3 is 15.4 Å². The molecule has 1 rings (SSSR count). The molecule has 94 valence electrons. The predicted molar refractivity (Wildman–Crippen MR) is 64.4 cm³/mol. The van der Waals surface area contributed by atoms with Crippen LogP contribution in [0.25, 0.3) is 0 Å². The summed E-state index contributed by atoms with van der Waals surface area (Å²) in [7, 11) is 0. The van der Waals surface area contributed by atoms with E-state index in [0.717, 1.165) is 19.4 Å². The number of amides is 1. The number of piperidine rings is 1. The van der Waals surface area contributed by atoms with Crippen LogP contribution >= 0.6 is 0 Å². The van der Waals surface area contributed by atoms with Crippen molar-refractivity contribution in [2.24, 2.45) is 0 Å². The summed E-state index contributed by atoms with van der Waals surface area (Å²) >= 11 is 0. The molecule has 1 aliphatic heterocycles. The first-order valence-electron chi connectivity index (χ1n) is 6.20. The minimum Gasteiger partial charge on any atom is -0.374 e. The molecule has 4 heteroatoms. The van der Waals surface area contributed by atoms with E-state index in [1.165, 1.54) is 6.42 Å². The molecule has 1 atom stereocenters. The average Bonchev–Trinajstić information content (AvgIpc) is 2.27. The third-order valence-corrected chi connectivity index (χ3v) is 2.85. The van der Waals surface area contributed by atoms with Crippen molar-refractivity contribution < 1.29 is 9.53 Å². The summed E-state index contributed by atoms with van der Waals surface area (Å²) in [6.07, 6.45) is 3.26. The fraction of sp³-hybridized carbons (Fsp3) is 0.917. The molecule has 1 saturated heterocycles. The molecule has 1 aliphatic rings. The van der Waals surface area contributed by atoms with Crippen LogP contribution in [0.4, 0.5) is 0 Å². The van der Waals surface area contributed by atoms with Gasteiger partial charge in [0.25, 0.3) is 0 Å². The highest BCUT2D eigenvalue weighted by Gasteiger charge is 2.23. The Labute approximate surface area is 98.1 Å². The third kappa shape index (κ3) is 4.49. The maximum atomic E-state index is 11.8. The van der Waals surface area contributed by atoms with E-state index < -0.39 is 0 Å². The second kappa shape index (κ2) is 6.21. The van der Waals surface area contributed by atoms with Gasteiger partial charge in [-0.15, -0.1) is 0 Å². The van der Waals surface area contributed by atoms with Crippen LogP contribution in [0.3, 0.4) is 0 Å². The van der Waals surface area contributed by atoms with Crippen molar-refractivity contribution in [3.05, 3.63) is 0 Å². The van der Waals surface area contributed by atoms with Crippen molar-refractivity contribution in [2.75, 3.05) is 19.7 Å². The smallest absolute Gasteiger partial charge is 0.237 e.